The minimum Gasteiger partial charge on any atom is -0.486 e. The van der Waals surface area contributed by atoms with E-state index in [4.69, 9.17) is 14.2 Å². The van der Waals surface area contributed by atoms with E-state index in [1.165, 1.54) is 0 Å². The van der Waals surface area contributed by atoms with Gasteiger partial charge in [-0.2, -0.15) is 8.78 Å². The lowest BCUT2D eigenvalue weighted by Gasteiger charge is -2.18. The monoisotopic (exact) mass is 452 g/mol. The summed E-state index contributed by atoms with van der Waals surface area (Å²) in [5.41, 5.74) is -1.12. The lowest BCUT2D eigenvalue weighted by Crippen LogP contribution is -2.34. The first-order valence-electron chi connectivity index (χ1n) is 8.89. The molecule has 2 amide bonds. The topological polar surface area (TPSA) is 143 Å². The van der Waals surface area contributed by atoms with Crippen molar-refractivity contribution in [2.45, 2.75) is 6.61 Å². The molecule has 0 saturated heterocycles. The SMILES string of the molecule is O=C(COC(=O)c1cc2c(cc1[N+](=O)[O-])OCCO2)NC(=O)c1ccc(OC(F)F)cc1. The van der Waals surface area contributed by atoms with E-state index in [2.05, 4.69) is 4.74 Å². The molecule has 1 aliphatic rings. The minimum absolute atomic E-state index is 0.0474. The Balaban J connectivity index is 1.60. The molecule has 0 unspecified atom stereocenters. The molecule has 168 valence electrons. The first-order valence-corrected chi connectivity index (χ1v) is 8.89. The number of benzene rings is 2. The molecule has 1 N–H and O–H groups in total. The van der Waals surface area contributed by atoms with E-state index in [9.17, 15) is 33.3 Å². The van der Waals surface area contributed by atoms with Crippen LogP contribution in [0.1, 0.15) is 20.7 Å². The van der Waals surface area contributed by atoms with Crippen molar-refractivity contribution in [2.75, 3.05) is 19.8 Å². The Bertz CT molecular complexity index is 1060. The van der Waals surface area contributed by atoms with Crippen LogP contribution in [0.2, 0.25) is 0 Å². The van der Waals surface area contributed by atoms with Crippen molar-refractivity contribution in [3.05, 3.63) is 57.6 Å². The second kappa shape index (κ2) is 9.68. The maximum Gasteiger partial charge on any atom is 0.387 e. The summed E-state index contributed by atoms with van der Waals surface area (Å²) < 4.78 is 43.7. The smallest absolute Gasteiger partial charge is 0.387 e. The number of halogens is 2. The van der Waals surface area contributed by atoms with Gasteiger partial charge in [0.2, 0.25) is 0 Å². The molecule has 13 heteroatoms. The number of nitro benzene ring substituents is 1. The van der Waals surface area contributed by atoms with E-state index in [0.717, 1.165) is 36.4 Å². The molecule has 11 nitrogen and oxygen atoms in total. The standard InChI is InChI=1S/C19H14F2N2O9/c20-19(21)32-11-3-1-10(2-4-11)17(25)22-16(24)9-31-18(26)12-7-14-15(30-6-5-29-14)8-13(12)23(27)28/h1-4,7-8,19H,5-6,9H2,(H,22,24,25). The molecule has 1 aliphatic heterocycles. The lowest BCUT2D eigenvalue weighted by molar-refractivity contribution is -0.385. The molecule has 2 aromatic carbocycles. The Morgan fingerprint density at radius 1 is 1.09 bits per heavy atom. The van der Waals surface area contributed by atoms with Crippen LogP contribution in [0.4, 0.5) is 14.5 Å². The Labute approximate surface area is 178 Å². The van der Waals surface area contributed by atoms with Crippen LogP contribution in [-0.2, 0) is 9.53 Å². The van der Waals surface area contributed by atoms with E-state index >= 15 is 0 Å². The summed E-state index contributed by atoms with van der Waals surface area (Å²) >= 11 is 0. The van der Waals surface area contributed by atoms with Crippen molar-refractivity contribution in [2.24, 2.45) is 0 Å². The highest BCUT2D eigenvalue weighted by atomic mass is 19.3. The zero-order valence-electron chi connectivity index (χ0n) is 16.0. The first-order chi connectivity index (χ1) is 15.2. The number of nitrogens with zero attached hydrogens (tertiary/aromatic N) is 1. The highest BCUT2D eigenvalue weighted by molar-refractivity contribution is 6.05. The average molecular weight is 452 g/mol. The Kier molecular flexibility index (Phi) is 6.77. The van der Waals surface area contributed by atoms with Gasteiger partial charge in [0, 0.05) is 11.6 Å². The molecule has 0 saturated carbocycles. The van der Waals surface area contributed by atoms with Gasteiger partial charge in [0.25, 0.3) is 17.5 Å². The number of hydrogen-bond donors (Lipinski definition) is 1. The van der Waals surface area contributed by atoms with Crippen molar-refractivity contribution < 1.29 is 47.0 Å². The summed E-state index contributed by atoms with van der Waals surface area (Å²) in [6.07, 6.45) is 0. The minimum atomic E-state index is -3.03. The fourth-order valence-electron chi connectivity index (χ4n) is 2.62. The number of hydrogen-bond acceptors (Lipinski definition) is 9. The largest absolute Gasteiger partial charge is 0.486 e. The van der Waals surface area contributed by atoms with Crippen LogP contribution in [0.15, 0.2) is 36.4 Å². The van der Waals surface area contributed by atoms with Crippen LogP contribution in [0.3, 0.4) is 0 Å². The number of carbonyl (C=O) groups excluding carboxylic acids is 3. The molecular formula is C19H14F2N2O9. The molecule has 0 bridgehead atoms. The fraction of sp³-hybridized carbons (Fsp3) is 0.211. The number of esters is 1. The number of nitrogens with one attached hydrogen (secondary N) is 1. The van der Waals surface area contributed by atoms with E-state index in [1.807, 2.05) is 5.32 Å². The molecule has 0 atom stereocenters. The molecule has 0 spiro atoms. The van der Waals surface area contributed by atoms with Crippen molar-refractivity contribution in [1.82, 2.24) is 5.32 Å². The fourth-order valence-corrected chi connectivity index (χ4v) is 2.62. The molecule has 0 radical (unpaired) electrons. The Hall–Kier alpha value is -4.29. The molecule has 0 aliphatic carbocycles. The molecular weight excluding hydrogens is 438 g/mol. The van der Waals surface area contributed by atoms with Crippen molar-refractivity contribution >= 4 is 23.5 Å². The number of imide groups is 1. The quantitative estimate of drug-likeness (QED) is 0.379. The third-order valence-corrected chi connectivity index (χ3v) is 4.01. The summed E-state index contributed by atoms with van der Waals surface area (Å²) in [5, 5.41) is 13.2. The molecule has 1 heterocycles. The summed E-state index contributed by atoms with van der Waals surface area (Å²) in [4.78, 5) is 46.7. The number of nitro groups is 1. The van der Waals surface area contributed by atoms with Crippen LogP contribution in [0, 0.1) is 10.1 Å². The molecule has 0 aromatic heterocycles. The van der Waals surface area contributed by atoms with Crippen LogP contribution in [0.25, 0.3) is 0 Å². The van der Waals surface area contributed by atoms with Crippen LogP contribution >= 0.6 is 0 Å². The van der Waals surface area contributed by atoms with E-state index in [1.54, 1.807) is 0 Å². The maximum atomic E-state index is 12.3. The normalized spacial score (nSPS) is 12.1. The van der Waals surface area contributed by atoms with E-state index in [-0.39, 0.29) is 36.0 Å². The van der Waals surface area contributed by atoms with Gasteiger partial charge in [0.1, 0.15) is 24.5 Å². The Morgan fingerprint density at radius 3 is 2.31 bits per heavy atom. The number of ether oxygens (including phenoxy) is 4. The van der Waals surface area contributed by atoms with Crippen molar-refractivity contribution in [1.29, 1.82) is 0 Å². The highest BCUT2D eigenvalue weighted by Gasteiger charge is 2.28. The second-order valence-corrected chi connectivity index (χ2v) is 6.13. The second-order valence-electron chi connectivity index (χ2n) is 6.13. The van der Waals surface area contributed by atoms with Gasteiger partial charge in [-0.15, -0.1) is 0 Å². The van der Waals surface area contributed by atoms with Gasteiger partial charge in [0.15, 0.2) is 18.1 Å². The number of rotatable bonds is 7. The zero-order valence-corrected chi connectivity index (χ0v) is 16.0. The van der Waals surface area contributed by atoms with E-state index < -0.39 is 47.2 Å². The van der Waals surface area contributed by atoms with Crippen LogP contribution in [-0.4, -0.2) is 49.1 Å². The number of alkyl halides is 2. The molecule has 3 rings (SSSR count). The Morgan fingerprint density at radius 2 is 1.72 bits per heavy atom. The predicted octanol–water partition coefficient (Wildman–Crippen LogP) is 2.08. The predicted molar refractivity (Wildman–Crippen MR) is 99.9 cm³/mol. The van der Waals surface area contributed by atoms with Gasteiger partial charge in [-0.3, -0.25) is 25.0 Å². The van der Waals surface area contributed by atoms with Gasteiger partial charge in [-0.05, 0) is 24.3 Å². The van der Waals surface area contributed by atoms with Gasteiger partial charge >= 0.3 is 12.6 Å². The number of amides is 2. The average Bonchev–Trinajstić information content (AvgIpc) is 2.76. The van der Waals surface area contributed by atoms with E-state index in [0.29, 0.717) is 0 Å². The van der Waals surface area contributed by atoms with Gasteiger partial charge < -0.3 is 18.9 Å². The number of carbonyl (C=O) groups is 3. The van der Waals surface area contributed by atoms with Gasteiger partial charge in [0.05, 0.1) is 11.0 Å². The maximum absolute atomic E-state index is 12.3. The van der Waals surface area contributed by atoms with Gasteiger partial charge in [-0.25, -0.2) is 4.79 Å². The summed E-state index contributed by atoms with van der Waals surface area (Å²) in [6.45, 7) is -3.58. The van der Waals surface area contributed by atoms with Crippen LogP contribution in [0.5, 0.6) is 17.2 Å². The molecule has 2 aromatic rings. The van der Waals surface area contributed by atoms with Crippen LogP contribution < -0.4 is 19.5 Å². The zero-order chi connectivity index (χ0) is 23.3. The van der Waals surface area contributed by atoms with Gasteiger partial charge in [-0.1, -0.05) is 0 Å². The third-order valence-electron chi connectivity index (χ3n) is 4.01. The summed E-state index contributed by atoms with van der Waals surface area (Å²) in [5.74, 6) is -3.08. The number of fused-ring (bicyclic) bond motifs is 1. The molecule has 32 heavy (non-hydrogen) atoms. The van der Waals surface area contributed by atoms with Crippen molar-refractivity contribution in [3.8, 4) is 17.2 Å². The summed E-state index contributed by atoms with van der Waals surface area (Å²) in [6, 6.07) is 6.58. The van der Waals surface area contributed by atoms with Crippen molar-refractivity contribution in [3.63, 3.8) is 0 Å². The first kappa shape index (κ1) is 22.4. The highest BCUT2D eigenvalue weighted by Crippen LogP contribution is 2.36. The summed E-state index contributed by atoms with van der Waals surface area (Å²) in [7, 11) is 0. The molecule has 0 fully saturated rings. The lowest BCUT2D eigenvalue weighted by atomic mass is 10.1. The third kappa shape index (κ3) is 5.44.